The summed E-state index contributed by atoms with van der Waals surface area (Å²) in [5, 5.41) is 3.65. The van der Waals surface area contributed by atoms with E-state index in [0.29, 0.717) is 6.04 Å². The second-order valence-corrected chi connectivity index (χ2v) is 4.72. The minimum Gasteiger partial charge on any atom is -0.382 e. The van der Waals surface area contributed by atoms with Crippen molar-refractivity contribution < 1.29 is 0 Å². The monoisotopic (exact) mass is 219 g/mol. The summed E-state index contributed by atoms with van der Waals surface area (Å²) in [4.78, 5) is 0. The van der Waals surface area contributed by atoms with E-state index < -0.39 is 0 Å². The van der Waals surface area contributed by atoms with Crippen molar-refractivity contribution in [1.82, 2.24) is 0 Å². The van der Waals surface area contributed by atoms with Gasteiger partial charge in [0.2, 0.25) is 0 Å². The van der Waals surface area contributed by atoms with Crippen LogP contribution >= 0.6 is 0 Å². The van der Waals surface area contributed by atoms with E-state index in [1.165, 1.54) is 42.5 Å². The largest absolute Gasteiger partial charge is 0.382 e. The van der Waals surface area contributed by atoms with Gasteiger partial charge in [-0.25, -0.2) is 0 Å². The molecule has 1 aromatic rings. The third kappa shape index (κ3) is 3.88. The van der Waals surface area contributed by atoms with Crippen LogP contribution in [0.1, 0.15) is 50.7 Å². The molecule has 0 aromatic heterocycles. The molecule has 0 amide bonds. The highest BCUT2D eigenvalue weighted by Gasteiger charge is 2.06. The van der Waals surface area contributed by atoms with Gasteiger partial charge in [0.05, 0.1) is 0 Å². The van der Waals surface area contributed by atoms with E-state index in [0.717, 1.165) is 0 Å². The SMILES string of the molecule is CCCC(CCC)Nc1ccc(C)c(C)c1. The maximum atomic E-state index is 3.65. The molecule has 0 radical (unpaired) electrons. The summed E-state index contributed by atoms with van der Waals surface area (Å²) < 4.78 is 0. The molecule has 1 heteroatoms. The first-order chi connectivity index (χ1) is 7.67. The van der Waals surface area contributed by atoms with Crippen LogP contribution in [0.4, 0.5) is 5.69 Å². The van der Waals surface area contributed by atoms with Crippen LogP contribution in [0.2, 0.25) is 0 Å². The number of aryl methyl sites for hydroxylation is 2. The number of nitrogens with one attached hydrogen (secondary N) is 1. The lowest BCUT2D eigenvalue weighted by molar-refractivity contribution is 0.586. The Balaban J connectivity index is 2.65. The van der Waals surface area contributed by atoms with Gasteiger partial charge < -0.3 is 5.32 Å². The zero-order valence-electron chi connectivity index (χ0n) is 11.1. The molecule has 0 bridgehead atoms. The summed E-state index contributed by atoms with van der Waals surface area (Å²) in [6.07, 6.45) is 5.03. The van der Waals surface area contributed by atoms with Crippen molar-refractivity contribution in [2.75, 3.05) is 5.32 Å². The third-order valence-electron chi connectivity index (χ3n) is 3.15. The average Bonchev–Trinajstić information content (AvgIpc) is 2.24. The van der Waals surface area contributed by atoms with Crippen LogP contribution in [-0.2, 0) is 0 Å². The van der Waals surface area contributed by atoms with Crippen molar-refractivity contribution in [2.45, 2.75) is 59.4 Å². The highest BCUT2D eigenvalue weighted by Crippen LogP contribution is 2.17. The smallest absolute Gasteiger partial charge is 0.0345 e. The van der Waals surface area contributed by atoms with Crippen LogP contribution in [0.3, 0.4) is 0 Å². The number of anilines is 1. The normalized spacial score (nSPS) is 10.8. The van der Waals surface area contributed by atoms with Crippen molar-refractivity contribution >= 4 is 5.69 Å². The fourth-order valence-corrected chi connectivity index (χ4v) is 2.05. The van der Waals surface area contributed by atoms with Crippen molar-refractivity contribution in [2.24, 2.45) is 0 Å². The van der Waals surface area contributed by atoms with E-state index in [2.05, 4.69) is 51.2 Å². The van der Waals surface area contributed by atoms with E-state index in [1.54, 1.807) is 0 Å². The second kappa shape index (κ2) is 6.57. The fourth-order valence-electron chi connectivity index (χ4n) is 2.05. The van der Waals surface area contributed by atoms with Gasteiger partial charge in [-0.3, -0.25) is 0 Å². The fraction of sp³-hybridized carbons (Fsp3) is 0.600. The van der Waals surface area contributed by atoms with Gasteiger partial charge in [-0.1, -0.05) is 32.8 Å². The van der Waals surface area contributed by atoms with Gasteiger partial charge in [0.25, 0.3) is 0 Å². The molecule has 0 aliphatic heterocycles. The quantitative estimate of drug-likeness (QED) is 0.732. The molecule has 0 saturated carbocycles. The predicted octanol–water partition coefficient (Wildman–Crippen LogP) is 4.68. The minimum absolute atomic E-state index is 0.636. The van der Waals surface area contributed by atoms with Gasteiger partial charge in [0, 0.05) is 11.7 Å². The molecule has 0 spiro atoms. The first kappa shape index (κ1) is 13.1. The van der Waals surface area contributed by atoms with Gasteiger partial charge in [-0.2, -0.15) is 0 Å². The second-order valence-electron chi connectivity index (χ2n) is 4.72. The topological polar surface area (TPSA) is 12.0 Å². The number of hydrogen-bond acceptors (Lipinski definition) is 1. The maximum Gasteiger partial charge on any atom is 0.0345 e. The molecule has 0 fully saturated rings. The van der Waals surface area contributed by atoms with E-state index in [1.807, 2.05) is 0 Å². The molecule has 1 rings (SSSR count). The molecular formula is C15H25N. The van der Waals surface area contributed by atoms with Gasteiger partial charge in [0.1, 0.15) is 0 Å². The van der Waals surface area contributed by atoms with Crippen LogP contribution in [0, 0.1) is 13.8 Å². The highest BCUT2D eigenvalue weighted by molar-refractivity contribution is 5.48. The summed E-state index contributed by atoms with van der Waals surface area (Å²) >= 11 is 0. The third-order valence-corrected chi connectivity index (χ3v) is 3.15. The van der Waals surface area contributed by atoms with Gasteiger partial charge in [0.15, 0.2) is 0 Å². The summed E-state index contributed by atoms with van der Waals surface area (Å²) in [5.41, 5.74) is 4.01. The molecule has 0 aliphatic rings. The zero-order valence-corrected chi connectivity index (χ0v) is 11.1. The Labute approximate surface area is 100 Å². The minimum atomic E-state index is 0.636. The molecule has 0 saturated heterocycles. The Bertz CT molecular complexity index is 311. The average molecular weight is 219 g/mol. The number of rotatable bonds is 6. The van der Waals surface area contributed by atoms with Crippen molar-refractivity contribution in [3.63, 3.8) is 0 Å². The van der Waals surface area contributed by atoms with Gasteiger partial charge in [-0.05, 0) is 49.9 Å². The molecule has 90 valence electrons. The zero-order chi connectivity index (χ0) is 12.0. The molecule has 0 heterocycles. The molecule has 16 heavy (non-hydrogen) atoms. The van der Waals surface area contributed by atoms with Crippen LogP contribution in [0.25, 0.3) is 0 Å². The van der Waals surface area contributed by atoms with E-state index in [4.69, 9.17) is 0 Å². The Hall–Kier alpha value is -0.980. The summed E-state index contributed by atoms with van der Waals surface area (Å²) in [5.74, 6) is 0. The molecule has 0 unspecified atom stereocenters. The Morgan fingerprint density at radius 2 is 1.62 bits per heavy atom. The Morgan fingerprint density at radius 3 is 2.12 bits per heavy atom. The number of benzene rings is 1. The van der Waals surface area contributed by atoms with Crippen LogP contribution < -0.4 is 5.32 Å². The molecule has 1 N–H and O–H groups in total. The predicted molar refractivity (Wildman–Crippen MR) is 73.1 cm³/mol. The van der Waals surface area contributed by atoms with Crippen LogP contribution in [0.5, 0.6) is 0 Å². The number of hydrogen-bond donors (Lipinski definition) is 1. The van der Waals surface area contributed by atoms with Gasteiger partial charge >= 0.3 is 0 Å². The molecule has 0 aliphatic carbocycles. The summed E-state index contributed by atoms with van der Waals surface area (Å²) in [6.45, 7) is 8.85. The maximum absolute atomic E-state index is 3.65. The summed E-state index contributed by atoms with van der Waals surface area (Å²) in [7, 11) is 0. The van der Waals surface area contributed by atoms with Gasteiger partial charge in [-0.15, -0.1) is 0 Å². The molecule has 1 aromatic carbocycles. The Kier molecular flexibility index (Phi) is 5.37. The summed E-state index contributed by atoms with van der Waals surface area (Å²) in [6, 6.07) is 7.29. The van der Waals surface area contributed by atoms with Crippen molar-refractivity contribution in [1.29, 1.82) is 0 Å². The van der Waals surface area contributed by atoms with Crippen LogP contribution in [0.15, 0.2) is 18.2 Å². The lowest BCUT2D eigenvalue weighted by Crippen LogP contribution is -2.18. The lowest BCUT2D eigenvalue weighted by atomic mass is 10.0. The van der Waals surface area contributed by atoms with Crippen molar-refractivity contribution in [3.05, 3.63) is 29.3 Å². The lowest BCUT2D eigenvalue weighted by Gasteiger charge is -2.19. The molecule has 1 nitrogen and oxygen atoms in total. The first-order valence-corrected chi connectivity index (χ1v) is 6.51. The van der Waals surface area contributed by atoms with E-state index in [-0.39, 0.29) is 0 Å². The standard InChI is InChI=1S/C15H25N/c1-5-7-14(8-6-2)16-15-10-9-12(3)13(4)11-15/h9-11,14,16H,5-8H2,1-4H3. The van der Waals surface area contributed by atoms with E-state index >= 15 is 0 Å². The molecule has 0 atom stereocenters. The highest BCUT2D eigenvalue weighted by atomic mass is 14.9. The van der Waals surface area contributed by atoms with E-state index in [9.17, 15) is 0 Å². The van der Waals surface area contributed by atoms with Crippen molar-refractivity contribution in [3.8, 4) is 0 Å². The van der Waals surface area contributed by atoms with Crippen LogP contribution in [-0.4, -0.2) is 6.04 Å². The first-order valence-electron chi connectivity index (χ1n) is 6.51. The molecular weight excluding hydrogens is 194 g/mol. The Morgan fingerprint density at radius 1 is 1.00 bits per heavy atom.